The molecule has 11 nitrogen and oxygen atoms in total. The second kappa shape index (κ2) is 10.9. The molecule has 3 aromatic rings. The lowest BCUT2D eigenvalue weighted by atomic mass is 10.1. The molecule has 178 valence electrons. The van der Waals surface area contributed by atoms with Gasteiger partial charge in [0.2, 0.25) is 5.75 Å². The second-order valence-corrected chi connectivity index (χ2v) is 6.74. The third-order valence-corrected chi connectivity index (χ3v) is 4.63. The number of ether oxygens (including phenoxy) is 5. The predicted octanol–water partition coefficient (Wildman–Crippen LogP) is 2.76. The van der Waals surface area contributed by atoms with Crippen molar-refractivity contribution in [3.8, 4) is 17.2 Å². The first-order valence-corrected chi connectivity index (χ1v) is 9.90. The molecule has 2 aromatic carbocycles. The molecule has 0 unspecified atom stereocenters. The first kappa shape index (κ1) is 24.1. The normalized spacial score (nSPS) is 10.2. The van der Waals surface area contributed by atoms with Crippen LogP contribution in [0.2, 0.25) is 0 Å². The van der Waals surface area contributed by atoms with Gasteiger partial charge in [-0.25, -0.2) is 14.3 Å². The van der Waals surface area contributed by atoms with Crippen molar-refractivity contribution in [1.29, 1.82) is 0 Å². The Morgan fingerprint density at radius 3 is 2.00 bits per heavy atom. The highest BCUT2D eigenvalue weighted by Gasteiger charge is 2.17. The molecular weight excluding hydrogens is 446 g/mol. The van der Waals surface area contributed by atoms with Gasteiger partial charge in [0.25, 0.3) is 5.91 Å². The molecule has 0 radical (unpaired) electrons. The lowest BCUT2D eigenvalue weighted by Crippen LogP contribution is -2.16. The average Bonchev–Trinajstić information content (AvgIpc) is 3.35. The zero-order valence-electron chi connectivity index (χ0n) is 19.0. The van der Waals surface area contributed by atoms with Crippen LogP contribution in [0.5, 0.6) is 17.2 Å². The van der Waals surface area contributed by atoms with E-state index >= 15 is 0 Å². The smallest absolute Gasteiger partial charge is 0.337 e. The number of rotatable bonds is 9. The van der Waals surface area contributed by atoms with E-state index in [4.69, 9.17) is 23.7 Å². The fourth-order valence-corrected chi connectivity index (χ4v) is 3.01. The molecule has 1 heterocycles. The number of carbonyl (C=O) groups excluding carboxylic acids is 3. The summed E-state index contributed by atoms with van der Waals surface area (Å²) < 4.78 is 27.2. The van der Waals surface area contributed by atoms with Crippen LogP contribution < -0.4 is 19.5 Å². The van der Waals surface area contributed by atoms with Crippen molar-refractivity contribution in [1.82, 2.24) is 9.78 Å². The molecular formula is C23H23N3O8. The Kier molecular flexibility index (Phi) is 7.70. The van der Waals surface area contributed by atoms with E-state index in [2.05, 4.69) is 10.4 Å². The number of anilines is 1. The number of hydrogen-bond acceptors (Lipinski definition) is 9. The average molecular weight is 469 g/mol. The Labute approximate surface area is 195 Å². The number of amides is 1. The zero-order chi connectivity index (χ0) is 24.7. The van der Waals surface area contributed by atoms with E-state index in [9.17, 15) is 14.4 Å². The third-order valence-electron chi connectivity index (χ3n) is 4.63. The molecule has 1 amide bonds. The summed E-state index contributed by atoms with van der Waals surface area (Å²) in [5.41, 5.74) is 0.423. The fraction of sp³-hybridized carbons (Fsp3) is 0.217. The highest BCUT2D eigenvalue weighted by atomic mass is 16.5. The Morgan fingerprint density at radius 2 is 1.47 bits per heavy atom. The monoisotopic (exact) mass is 469 g/mol. The van der Waals surface area contributed by atoms with Crippen LogP contribution >= 0.6 is 0 Å². The SMILES string of the molecule is COC(=O)c1cc(NC(=O)c2ccn(COc3c(OC)cccc3OC)n2)cc(C(=O)OC)c1. The summed E-state index contributed by atoms with van der Waals surface area (Å²) >= 11 is 0. The third kappa shape index (κ3) is 5.44. The minimum atomic E-state index is -0.672. The molecule has 0 saturated heterocycles. The number of benzene rings is 2. The summed E-state index contributed by atoms with van der Waals surface area (Å²) in [5.74, 6) is -0.549. The number of aromatic nitrogens is 2. The number of esters is 2. The maximum absolute atomic E-state index is 12.7. The van der Waals surface area contributed by atoms with Crippen LogP contribution in [0.4, 0.5) is 5.69 Å². The van der Waals surface area contributed by atoms with Crippen molar-refractivity contribution in [2.75, 3.05) is 33.8 Å². The summed E-state index contributed by atoms with van der Waals surface area (Å²) in [4.78, 5) is 36.6. The second-order valence-electron chi connectivity index (χ2n) is 6.74. The van der Waals surface area contributed by atoms with E-state index in [1.54, 1.807) is 24.4 Å². The fourth-order valence-electron chi connectivity index (χ4n) is 3.01. The van der Waals surface area contributed by atoms with Crippen molar-refractivity contribution >= 4 is 23.5 Å². The van der Waals surface area contributed by atoms with Crippen LogP contribution in [0.25, 0.3) is 0 Å². The largest absolute Gasteiger partial charge is 0.493 e. The molecule has 0 aliphatic heterocycles. The molecule has 3 rings (SSSR count). The Hall–Kier alpha value is -4.54. The van der Waals surface area contributed by atoms with E-state index in [0.29, 0.717) is 17.2 Å². The molecule has 1 aromatic heterocycles. The first-order valence-electron chi connectivity index (χ1n) is 9.90. The van der Waals surface area contributed by atoms with Crippen molar-refractivity contribution in [2.24, 2.45) is 0 Å². The van der Waals surface area contributed by atoms with Crippen LogP contribution in [0.1, 0.15) is 31.2 Å². The molecule has 1 N–H and O–H groups in total. The maximum atomic E-state index is 12.7. The molecule has 0 aliphatic carbocycles. The van der Waals surface area contributed by atoms with Crippen LogP contribution in [0, 0.1) is 0 Å². The van der Waals surface area contributed by atoms with Gasteiger partial charge in [0, 0.05) is 11.9 Å². The highest BCUT2D eigenvalue weighted by Crippen LogP contribution is 2.36. The summed E-state index contributed by atoms with van der Waals surface area (Å²) in [6.07, 6.45) is 1.56. The Balaban J connectivity index is 1.75. The molecule has 0 aliphatic rings. The maximum Gasteiger partial charge on any atom is 0.337 e. The quantitative estimate of drug-likeness (QED) is 0.471. The Morgan fingerprint density at radius 1 is 0.882 bits per heavy atom. The predicted molar refractivity (Wildman–Crippen MR) is 119 cm³/mol. The van der Waals surface area contributed by atoms with Gasteiger partial charge in [-0.2, -0.15) is 5.10 Å². The zero-order valence-corrected chi connectivity index (χ0v) is 19.0. The number of methoxy groups -OCH3 is 4. The molecule has 0 fully saturated rings. The minimum absolute atomic E-state index is 0.0195. The van der Waals surface area contributed by atoms with Crippen LogP contribution in [-0.4, -0.2) is 56.1 Å². The van der Waals surface area contributed by atoms with Crippen LogP contribution in [-0.2, 0) is 16.2 Å². The first-order chi connectivity index (χ1) is 16.4. The highest BCUT2D eigenvalue weighted by molar-refractivity contribution is 6.05. The summed E-state index contributed by atoms with van der Waals surface area (Å²) in [7, 11) is 5.44. The van der Waals surface area contributed by atoms with Gasteiger partial charge in [-0.05, 0) is 36.4 Å². The summed E-state index contributed by atoms with van der Waals surface area (Å²) in [6.45, 7) is -0.0195. The van der Waals surface area contributed by atoms with E-state index in [1.165, 1.54) is 57.4 Å². The lowest BCUT2D eigenvalue weighted by molar-refractivity contribution is 0.0599. The topological polar surface area (TPSA) is 127 Å². The van der Waals surface area contributed by atoms with Crippen molar-refractivity contribution in [3.63, 3.8) is 0 Å². The minimum Gasteiger partial charge on any atom is -0.493 e. The van der Waals surface area contributed by atoms with Gasteiger partial charge in [-0.15, -0.1) is 0 Å². The van der Waals surface area contributed by atoms with Crippen LogP contribution in [0.15, 0.2) is 48.7 Å². The molecule has 0 saturated carbocycles. The Bertz CT molecular complexity index is 1150. The van der Waals surface area contributed by atoms with Gasteiger partial charge in [0.1, 0.15) is 0 Å². The van der Waals surface area contributed by atoms with Gasteiger partial charge >= 0.3 is 11.9 Å². The number of nitrogens with one attached hydrogen (secondary N) is 1. The molecule has 34 heavy (non-hydrogen) atoms. The number of carbonyl (C=O) groups is 3. The number of para-hydroxylation sites is 1. The lowest BCUT2D eigenvalue weighted by Gasteiger charge is -2.13. The van der Waals surface area contributed by atoms with Gasteiger partial charge < -0.3 is 29.0 Å². The molecule has 11 heteroatoms. The molecule has 0 spiro atoms. The van der Waals surface area contributed by atoms with Gasteiger partial charge in [-0.1, -0.05) is 6.07 Å². The summed E-state index contributed by atoms with van der Waals surface area (Å²) in [6, 6.07) is 10.8. The van der Waals surface area contributed by atoms with Gasteiger partial charge in [-0.3, -0.25) is 4.79 Å². The number of nitrogens with zero attached hydrogens (tertiary/aromatic N) is 2. The van der Waals surface area contributed by atoms with Crippen molar-refractivity contribution in [2.45, 2.75) is 6.73 Å². The van der Waals surface area contributed by atoms with Crippen LogP contribution in [0.3, 0.4) is 0 Å². The van der Waals surface area contributed by atoms with E-state index in [0.717, 1.165) is 0 Å². The van der Waals surface area contributed by atoms with E-state index in [-0.39, 0.29) is 29.2 Å². The van der Waals surface area contributed by atoms with Crippen molar-refractivity contribution in [3.05, 3.63) is 65.5 Å². The standard InChI is InChI=1S/C23H23N3O8/c1-30-18-6-5-7-19(31-2)20(18)34-13-26-9-8-17(25-26)21(27)24-16-11-14(22(28)32-3)10-15(12-16)23(29)33-4/h5-12H,13H2,1-4H3,(H,24,27). The number of hydrogen-bond donors (Lipinski definition) is 1. The molecule has 0 bridgehead atoms. The van der Waals surface area contributed by atoms with E-state index in [1.807, 2.05) is 0 Å². The van der Waals surface area contributed by atoms with Crippen molar-refractivity contribution < 1.29 is 38.1 Å². The van der Waals surface area contributed by atoms with E-state index < -0.39 is 17.8 Å². The molecule has 0 atom stereocenters. The van der Waals surface area contributed by atoms with Gasteiger partial charge in [0.15, 0.2) is 23.9 Å². The summed E-state index contributed by atoms with van der Waals surface area (Å²) in [5, 5.41) is 6.80. The van der Waals surface area contributed by atoms with Gasteiger partial charge in [0.05, 0.1) is 39.6 Å².